The second kappa shape index (κ2) is 10.9. The molecule has 5 nitrogen and oxygen atoms in total. The van der Waals surface area contributed by atoms with Crippen molar-refractivity contribution in [2.45, 2.75) is 58.7 Å². The maximum absolute atomic E-state index is 13.4. The summed E-state index contributed by atoms with van der Waals surface area (Å²) in [6, 6.07) is 11.9. The zero-order valence-corrected chi connectivity index (χ0v) is 20.2. The predicted octanol–water partition coefficient (Wildman–Crippen LogP) is 5.27. The molecule has 0 spiro atoms. The first kappa shape index (κ1) is 25.0. The minimum atomic E-state index is -0.621. The lowest BCUT2D eigenvalue weighted by atomic mass is 10.0. The summed E-state index contributed by atoms with van der Waals surface area (Å²) in [5.41, 5.74) is 1.13. The highest BCUT2D eigenvalue weighted by Gasteiger charge is 2.31. The number of nitrogens with one attached hydrogen (secondary N) is 1. The summed E-state index contributed by atoms with van der Waals surface area (Å²) in [7, 11) is 1.59. The van der Waals surface area contributed by atoms with E-state index in [1.807, 2.05) is 52.0 Å². The molecule has 0 aliphatic heterocycles. The lowest BCUT2D eigenvalue weighted by Gasteiger charge is -2.33. The van der Waals surface area contributed by atoms with Crippen LogP contribution in [0, 0.1) is 0 Å². The first-order chi connectivity index (χ1) is 14.5. The Bertz CT molecular complexity index is 925. The number of halogens is 2. The van der Waals surface area contributed by atoms with Gasteiger partial charge in [-0.15, -0.1) is 0 Å². The van der Waals surface area contributed by atoms with Crippen molar-refractivity contribution in [3.8, 4) is 5.75 Å². The van der Waals surface area contributed by atoms with Gasteiger partial charge in [0.05, 0.1) is 13.5 Å². The van der Waals surface area contributed by atoms with Crippen LogP contribution >= 0.6 is 23.2 Å². The van der Waals surface area contributed by atoms with Crippen molar-refractivity contribution in [1.29, 1.82) is 0 Å². The summed E-state index contributed by atoms with van der Waals surface area (Å²) in [5.74, 6) is 0.314. The fraction of sp³-hybridized carbons (Fsp3) is 0.417. The van der Waals surface area contributed by atoms with Crippen LogP contribution < -0.4 is 10.1 Å². The summed E-state index contributed by atoms with van der Waals surface area (Å²) < 4.78 is 5.31. The van der Waals surface area contributed by atoms with Crippen LogP contribution in [0.3, 0.4) is 0 Å². The smallest absolute Gasteiger partial charge is 0.243 e. The van der Waals surface area contributed by atoms with E-state index in [4.69, 9.17) is 27.9 Å². The van der Waals surface area contributed by atoms with Crippen molar-refractivity contribution in [3.63, 3.8) is 0 Å². The molecule has 2 aromatic carbocycles. The van der Waals surface area contributed by atoms with Crippen molar-refractivity contribution in [2.24, 2.45) is 0 Å². The van der Waals surface area contributed by atoms with E-state index in [2.05, 4.69) is 5.32 Å². The van der Waals surface area contributed by atoms with Gasteiger partial charge in [0.15, 0.2) is 0 Å². The molecular formula is C24H30Cl2N2O3. The number of hydrogen-bond acceptors (Lipinski definition) is 3. The largest absolute Gasteiger partial charge is 0.497 e. The van der Waals surface area contributed by atoms with Gasteiger partial charge in [-0.25, -0.2) is 0 Å². The molecule has 0 saturated carbocycles. The minimum absolute atomic E-state index is 0.0687. The Morgan fingerprint density at radius 1 is 1.13 bits per heavy atom. The maximum atomic E-state index is 13.4. The van der Waals surface area contributed by atoms with E-state index in [9.17, 15) is 9.59 Å². The number of benzene rings is 2. The number of rotatable bonds is 8. The third kappa shape index (κ3) is 7.44. The van der Waals surface area contributed by atoms with Gasteiger partial charge in [-0.05, 0) is 62.6 Å². The summed E-state index contributed by atoms with van der Waals surface area (Å²) in [4.78, 5) is 28.1. The van der Waals surface area contributed by atoms with E-state index < -0.39 is 11.6 Å². The average Bonchev–Trinajstić information content (AvgIpc) is 2.68. The Kier molecular flexibility index (Phi) is 8.78. The molecule has 0 saturated heterocycles. The molecule has 2 rings (SSSR count). The molecular weight excluding hydrogens is 435 g/mol. The average molecular weight is 465 g/mol. The Morgan fingerprint density at radius 2 is 1.84 bits per heavy atom. The summed E-state index contributed by atoms with van der Waals surface area (Å²) in [5, 5.41) is 3.93. The van der Waals surface area contributed by atoms with E-state index in [0.717, 1.165) is 5.56 Å². The highest BCUT2D eigenvalue weighted by atomic mass is 35.5. The Morgan fingerprint density at radius 3 is 2.42 bits per heavy atom. The van der Waals surface area contributed by atoms with E-state index in [1.165, 1.54) is 0 Å². The molecule has 0 aromatic heterocycles. The second-order valence-electron chi connectivity index (χ2n) is 8.45. The lowest BCUT2D eigenvalue weighted by Crippen LogP contribution is -2.53. The molecule has 2 aromatic rings. The monoisotopic (exact) mass is 464 g/mol. The molecule has 0 radical (unpaired) electrons. The van der Waals surface area contributed by atoms with Gasteiger partial charge >= 0.3 is 0 Å². The number of nitrogens with zero attached hydrogens (tertiary/aromatic N) is 1. The fourth-order valence-electron chi connectivity index (χ4n) is 3.27. The molecule has 1 N–H and O–H groups in total. The van der Waals surface area contributed by atoms with Gasteiger partial charge in [-0.2, -0.15) is 0 Å². The van der Waals surface area contributed by atoms with Crippen molar-refractivity contribution in [3.05, 3.63) is 63.6 Å². The Labute approximate surface area is 194 Å². The predicted molar refractivity (Wildman–Crippen MR) is 126 cm³/mol. The first-order valence-corrected chi connectivity index (χ1v) is 11.0. The Hall–Kier alpha value is -2.24. The van der Waals surface area contributed by atoms with Crippen LogP contribution in [0.25, 0.3) is 0 Å². The van der Waals surface area contributed by atoms with Crippen LogP contribution in [0.1, 0.15) is 45.2 Å². The molecule has 1 atom stereocenters. The summed E-state index contributed by atoms with van der Waals surface area (Å²) in [6.07, 6.45) is 0.547. The maximum Gasteiger partial charge on any atom is 0.243 e. The van der Waals surface area contributed by atoms with E-state index >= 15 is 0 Å². The number of carbonyl (C=O) groups excluding carboxylic acids is 2. The quantitative estimate of drug-likeness (QED) is 0.578. The van der Waals surface area contributed by atoms with Gasteiger partial charge in [0, 0.05) is 22.1 Å². The van der Waals surface area contributed by atoms with Gasteiger partial charge in [0.2, 0.25) is 11.8 Å². The summed E-state index contributed by atoms with van der Waals surface area (Å²) in [6.45, 7) is 7.92. The van der Waals surface area contributed by atoms with E-state index in [-0.39, 0.29) is 24.8 Å². The van der Waals surface area contributed by atoms with Gasteiger partial charge < -0.3 is 15.0 Å². The summed E-state index contributed by atoms with van der Waals surface area (Å²) >= 11 is 12.3. The topological polar surface area (TPSA) is 58.6 Å². The number of carbonyl (C=O) groups is 2. The van der Waals surface area contributed by atoms with Gasteiger partial charge in [0.25, 0.3) is 0 Å². The van der Waals surface area contributed by atoms with Crippen molar-refractivity contribution in [1.82, 2.24) is 10.2 Å². The van der Waals surface area contributed by atoms with Crippen LogP contribution in [0.5, 0.6) is 5.75 Å². The number of methoxy groups -OCH3 is 1. The molecule has 7 heteroatoms. The van der Waals surface area contributed by atoms with E-state index in [0.29, 0.717) is 27.8 Å². The van der Waals surface area contributed by atoms with Gasteiger partial charge in [0.1, 0.15) is 11.8 Å². The molecule has 2 amide bonds. The molecule has 168 valence electrons. The molecule has 0 unspecified atom stereocenters. The van der Waals surface area contributed by atoms with Crippen molar-refractivity contribution >= 4 is 35.0 Å². The van der Waals surface area contributed by atoms with Crippen LogP contribution in [-0.2, 0) is 22.6 Å². The zero-order chi connectivity index (χ0) is 23.2. The number of hydrogen-bond donors (Lipinski definition) is 1. The first-order valence-electron chi connectivity index (χ1n) is 10.2. The van der Waals surface area contributed by atoms with Crippen molar-refractivity contribution in [2.75, 3.05) is 7.11 Å². The van der Waals surface area contributed by atoms with Gasteiger partial charge in [-0.1, -0.05) is 48.3 Å². The van der Waals surface area contributed by atoms with Crippen LogP contribution in [-0.4, -0.2) is 35.4 Å². The molecule has 0 bridgehead atoms. The molecule has 31 heavy (non-hydrogen) atoms. The molecule has 0 fully saturated rings. The third-order valence-corrected chi connectivity index (χ3v) is 5.31. The minimum Gasteiger partial charge on any atom is -0.497 e. The number of amides is 2. The zero-order valence-electron chi connectivity index (χ0n) is 18.7. The normalized spacial score (nSPS) is 12.2. The highest BCUT2D eigenvalue weighted by Crippen LogP contribution is 2.24. The molecule has 0 aliphatic rings. The number of ether oxygens (including phenoxy) is 1. The standard InChI is InChI=1S/C24H30Cl2N2O3/c1-6-21(23(30)27-24(2,3)4)28(15-16-8-7-9-19(12-16)31-5)22(29)13-17-10-11-18(25)14-20(17)26/h7-12,14,21H,6,13,15H2,1-5H3,(H,27,30)/t21-/m1/s1. The Balaban J connectivity index is 2.36. The van der Waals surface area contributed by atoms with E-state index in [1.54, 1.807) is 30.2 Å². The van der Waals surface area contributed by atoms with Crippen LogP contribution in [0.4, 0.5) is 0 Å². The molecule has 0 aliphatic carbocycles. The SMILES string of the molecule is CC[C@H](C(=O)NC(C)(C)C)N(Cc1cccc(OC)c1)C(=O)Cc1ccc(Cl)cc1Cl. The molecule has 0 heterocycles. The van der Waals surface area contributed by atoms with Crippen molar-refractivity contribution < 1.29 is 14.3 Å². The fourth-order valence-corrected chi connectivity index (χ4v) is 3.74. The highest BCUT2D eigenvalue weighted by molar-refractivity contribution is 6.35. The lowest BCUT2D eigenvalue weighted by molar-refractivity contribution is -0.141. The van der Waals surface area contributed by atoms with Crippen LogP contribution in [0.2, 0.25) is 10.0 Å². The third-order valence-electron chi connectivity index (χ3n) is 4.73. The van der Waals surface area contributed by atoms with Gasteiger partial charge in [-0.3, -0.25) is 9.59 Å². The van der Waals surface area contributed by atoms with Crippen LogP contribution in [0.15, 0.2) is 42.5 Å². The second-order valence-corrected chi connectivity index (χ2v) is 9.29.